The summed E-state index contributed by atoms with van der Waals surface area (Å²) in [5.74, 6) is -0.239. The van der Waals surface area contributed by atoms with Gasteiger partial charge in [-0.25, -0.2) is 0 Å². The van der Waals surface area contributed by atoms with Crippen LogP contribution in [0.4, 0.5) is 0 Å². The van der Waals surface area contributed by atoms with Gasteiger partial charge in [-0.2, -0.15) is 16.8 Å². The molecule has 0 N–H and O–H groups in total. The van der Waals surface area contributed by atoms with Crippen LogP contribution >= 0.6 is 0 Å². The minimum atomic E-state index is -3.90. The second-order valence-corrected chi connectivity index (χ2v) is 11.1. The smallest absolute Gasteiger partial charge is 0.266 e. The van der Waals surface area contributed by atoms with Gasteiger partial charge in [-0.1, -0.05) is 65.7 Å². The van der Waals surface area contributed by atoms with Crippen molar-refractivity contribution in [3.63, 3.8) is 0 Å². The quantitative estimate of drug-likeness (QED) is 0.280. The predicted molar refractivity (Wildman–Crippen MR) is 127 cm³/mol. The van der Waals surface area contributed by atoms with Crippen LogP contribution in [0.25, 0.3) is 0 Å². The van der Waals surface area contributed by atoms with Crippen molar-refractivity contribution in [3.8, 4) is 0 Å². The fourth-order valence-corrected chi connectivity index (χ4v) is 5.18. The zero-order valence-corrected chi connectivity index (χ0v) is 20.3. The molecule has 176 valence electrons. The van der Waals surface area contributed by atoms with Crippen molar-refractivity contribution >= 4 is 20.2 Å². The Morgan fingerprint density at radius 3 is 1.67 bits per heavy atom. The van der Waals surface area contributed by atoms with E-state index in [1.54, 1.807) is 24.3 Å². The average molecular weight is 489 g/mol. The van der Waals surface area contributed by atoms with Crippen molar-refractivity contribution in [2.45, 2.75) is 42.4 Å². The van der Waals surface area contributed by atoms with E-state index in [0.717, 1.165) is 16.7 Å². The monoisotopic (exact) mass is 488 g/mol. The lowest BCUT2D eigenvalue weighted by Crippen LogP contribution is -2.15. The molecule has 0 aliphatic rings. The van der Waals surface area contributed by atoms with E-state index < -0.39 is 20.2 Å². The molecule has 3 rings (SSSR count). The molecular formula is C25H28O6S2. The van der Waals surface area contributed by atoms with Gasteiger partial charge in [0.1, 0.15) is 0 Å². The Morgan fingerprint density at radius 2 is 1.15 bits per heavy atom. The van der Waals surface area contributed by atoms with Crippen molar-refractivity contribution in [1.29, 1.82) is 0 Å². The van der Waals surface area contributed by atoms with Crippen LogP contribution in [0.2, 0.25) is 0 Å². The molecule has 0 aliphatic carbocycles. The molecule has 0 aromatic heterocycles. The molecule has 0 radical (unpaired) electrons. The average Bonchev–Trinajstić information content (AvgIpc) is 2.79. The van der Waals surface area contributed by atoms with Crippen molar-refractivity contribution in [1.82, 2.24) is 0 Å². The highest BCUT2D eigenvalue weighted by Crippen LogP contribution is 2.25. The number of hydrogen-bond donors (Lipinski definition) is 0. The minimum absolute atomic E-state index is 0.00967. The van der Waals surface area contributed by atoms with Crippen molar-refractivity contribution in [3.05, 3.63) is 95.6 Å². The maximum atomic E-state index is 12.6. The van der Waals surface area contributed by atoms with Crippen molar-refractivity contribution < 1.29 is 25.2 Å². The Bertz CT molecular complexity index is 1230. The van der Waals surface area contributed by atoms with E-state index in [2.05, 4.69) is 0 Å². The largest absolute Gasteiger partial charge is 0.296 e. The molecule has 33 heavy (non-hydrogen) atoms. The highest BCUT2D eigenvalue weighted by atomic mass is 32.2. The third kappa shape index (κ3) is 7.23. The second-order valence-electron chi connectivity index (χ2n) is 7.89. The predicted octanol–water partition coefficient (Wildman–Crippen LogP) is 4.98. The van der Waals surface area contributed by atoms with Gasteiger partial charge in [0.2, 0.25) is 0 Å². The molecule has 0 spiro atoms. The van der Waals surface area contributed by atoms with Gasteiger partial charge in [0, 0.05) is 5.92 Å². The fourth-order valence-electron chi connectivity index (χ4n) is 3.29. The molecule has 8 heteroatoms. The molecule has 1 atom stereocenters. The first-order valence-corrected chi connectivity index (χ1v) is 13.5. The Kier molecular flexibility index (Phi) is 8.42. The highest BCUT2D eigenvalue weighted by molar-refractivity contribution is 7.87. The summed E-state index contributed by atoms with van der Waals surface area (Å²) < 4.78 is 60.5. The third-order valence-corrected chi connectivity index (χ3v) is 7.87. The molecule has 0 amide bonds. The van der Waals surface area contributed by atoms with E-state index in [1.807, 2.05) is 44.2 Å². The number of benzene rings is 3. The second kappa shape index (κ2) is 11.1. The summed E-state index contributed by atoms with van der Waals surface area (Å²) in [6, 6.07) is 22.4. The summed E-state index contributed by atoms with van der Waals surface area (Å²) in [6.45, 7) is 3.70. The number of rotatable bonds is 11. The highest BCUT2D eigenvalue weighted by Gasteiger charge is 2.20. The Balaban J connectivity index is 1.62. The van der Waals surface area contributed by atoms with Crippen LogP contribution in [-0.4, -0.2) is 30.0 Å². The van der Waals surface area contributed by atoms with Crippen LogP contribution in [0.3, 0.4) is 0 Å². The Morgan fingerprint density at radius 1 is 0.667 bits per heavy atom. The molecule has 0 aliphatic heterocycles. The first-order valence-electron chi connectivity index (χ1n) is 10.6. The van der Waals surface area contributed by atoms with Gasteiger partial charge in [-0.05, 0) is 56.5 Å². The summed E-state index contributed by atoms with van der Waals surface area (Å²) in [5.41, 5.74) is 2.83. The van der Waals surface area contributed by atoms with Gasteiger partial charge in [0.05, 0.1) is 23.0 Å². The summed E-state index contributed by atoms with van der Waals surface area (Å²) >= 11 is 0. The van der Waals surface area contributed by atoms with Crippen LogP contribution in [0, 0.1) is 13.8 Å². The Hall–Kier alpha value is -2.52. The summed E-state index contributed by atoms with van der Waals surface area (Å²) in [5, 5.41) is 0. The molecule has 0 saturated heterocycles. The van der Waals surface area contributed by atoms with Crippen molar-refractivity contribution in [2.24, 2.45) is 0 Å². The Labute approximate surface area is 196 Å². The first kappa shape index (κ1) is 25.1. The lowest BCUT2D eigenvalue weighted by Gasteiger charge is -2.17. The summed E-state index contributed by atoms with van der Waals surface area (Å²) in [6.07, 6.45) is 0.912. The van der Waals surface area contributed by atoms with E-state index in [1.165, 1.54) is 24.3 Å². The van der Waals surface area contributed by atoms with E-state index in [-0.39, 0.29) is 28.9 Å². The van der Waals surface area contributed by atoms with Gasteiger partial charge in [0.25, 0.3) is 20.2 Å². The van der Waals surface area contributed by atoms with E-state index in [9.17, 15) is 16.8 Å². The zero-order valence-electron chi connectivity index (χ0n) is 18.7. The lowest BCUT2D eigenvalue weighted by molar-refractivity contribution is 0.264. The standard InChI is InChI=1S/C25H28O6S2/c1-20-10-14-24(15-11-20)32(26,27)30-18-6-9-23(22-7-4-3-5-8-22)19-31-33(28,29)25-16-12-21(2)13-17-25/h3-5,7-8,10-17,23H,6,9,18-19H2,1-2H3/t23-/m0/s1. The van der Waals surface area contributed by atoms with Gasteiger partial charge in [-0.3, -0.25) is 8.37 Å². The van der Waals surface area contributed by atoms with Gasteiger partial charge in [0.15, 0.2) is 0 Å². The zero-order chi connectivity index (χ0) is 23.9. The molecule has 0 bridgehead atoms. The van der Waals surface area contributed by atoms with Crippen LogP contribution < -0.4 is 0 Å². The van der Waals surface area contributed by atoms with Crippen molar-refractivity contribution in [2.75, 3.05) is 13.2 Å². The molecular weight excluding hydrogens is 460 g/mol. The van der Waals surface area contributed by atoms with Gasteiger partial charge < -0.3 is 0 Å². The molecule has 3 aromatic carbocycles. The van der Waals surface area contributed by atoms with Crippen LogP contribution in [0.15, 0.2) is 88.7 Å². The van der Waals surface area contributed by atoms with Crippen LogP contribution in [-0.2, 0) is 28.6 Å². The van der Waals surface area contributed by atoms with E-state index in [0.29, 0.717) is 12.8 Å². The third-order valence-electron chi connectivity index (χ3n) is 5.25. The molecule has 6 nitrogen and oxygen atoms in total. The maximum absolute atomic E-state index is 12.6. The fraction of sp³-hybridized carbons (Fsp3) is 0.280. The minimum Gasteiger partial charge on any atom is -0.266 e. The van der Waals surface area contributed by atoms with Gasteiger partial charge >= 0.3 is 0 Å². The normalized spacial score (nSPS) is 13.0. The maximum Gasteiger partial charge on any atom is 0.296 e. The molecule has 3 aromatic rings. The molecule has 0 fully saturated rings. The SMILES string of the molecule is Cc1ccc(S(=O)(=O)OCCC[C@@H](COS(=O)(=O)c2ccc(C)cc2)c2ccccc2)cc1. The summed E-state index contributed by atoms with van der Waals surface area (Å²) in [4.78, 5) is 0.215. The van der Waals surface area contributed by atoms with Crippen LogP contribution in [0.5, 0.6) is 0 Å². The first-order chi connectivity index (χ1) is 15.7. The van der Waals surface area contributed by atoms with Crippen LogP contribution in [0.1, 0.15) is 35.4 Å². The topological polar surface area (TPSA) is 86.7 Å². The lowest BCUT2D eigenvalue weighted by atomic mass is 9.95. The van der Waals surface area contributed by atoms with E-state index >= 15 is 0 Å². The summed E-state index contributed by atoms with van der Waals surface area (Å²) in [7, 11) is -7.74. The molecule has 0 unspecified atom stereocenters. The number of hydrogen-bond acceptors (Lipinski definition) is 6. The van der Waals surface area contributed by atoms with E-state index in [4.69, 9.17) is 8.37 Å². The molecule has 0 saturated carbocycles. The van der Waals surface area contributed by atoms with Gasteiger partial charge in [-0.15, -0.1) is 0 Å². The number of aryl methyl sites for hydroxylation is 2. The molecule has 0 heterocycles.